The maximum Gasteiger partial charge on any atom is 0.268 e. The first-order valence-corrected chi connectivity index (χ1v) is 13.6. The van der Waals surface area contributed by atoms with E-state index in [2.05, 4.69) is 20.2 Å². The number of aromatic amines is 1. The van der Waals surface area contributed by atoms with Gasteiger partial charge in [-0.1, -0.05) is 19.1 Å². The number of ether oxygens (including phenoxy) is 2. The van der Waals surface area contributed by atoms with Crippen molar-refractivity contribution < 1.29 is 22.3 Å². The van der Waals surface area contributed by atoms with E-state index in [0.717, 1.165) is 27.1 Å². The van der Waals surface area contributed by atoms with E-state index in [-0.39, 0.29) is 18.1 Å². The second-order valence-corrected chi connectivity index (χ2v) is 10.5. The minimum Gasteiger partial charge on any atom is -0.497 e. The second kappa shape index (κ2) is 10.7. The fraction of sp³-hybridized carbons (Fsp3) is 0.179. The van der Waals surface area contributed by atoms with E-state index < -0.39 is 20.7 Å². The maximum absolute atomic E-state index is 14.6. The maximum atomic E-state index is 14.6. The van der Waals surface area contributed by atoms with Crippen LogP contribution in [0.5, 0.6) is 11.5 Å². The van der Waals surface area contributed by atoms with Crippen molar-refractivity contribution in [2.24, 2.45) is 0 Å². The smallest absolute Gasteiger partial charge is 0.268 e. The minimum absolute atomic E-state index is 0.0581. The van der Waals surface area contributed by atoms with Gasteiger partial charge in [-0.25, -0.2) is 27.1 Å². The number of fused-ring (bicyclic) bond motifs is 1. The zero-order valence-electron chi connectivity index (χ0n) is 21.6. The van der Waals surface area contributed by atoms with Crippen molar-refractivity contribution in [1.29, 1.82) is 0 Å². The molecule has 3 heterocycles. The van der Waals surface area contributed by atoms with Gasteiger partial charge in [0.2, 0.25) is 0 Å². The van der Waals surface area contributed by atoms with Gasteiger partial charge in [-0.2, -0.15) is 5.10 Å². The molecule has 0 amide bonds. The second-order valence-electron chi connectivity index (χ2n) is 8.65. The lowest BCUT2D eigenvalue weighted by molar-refractivity contribution is 0.413. The van der Waals surface area contributed by atoms with Gasteiger partial charge in [0.15, 0.2) is 17.2 Å². The first kappa shape index (κ1) is 26.1. The Morgan fingerprint density at radius 3 is 2.44 bits per heavy atom. The lowest BCUT2D eigenvalue weighted by atomic mass is 10.1. The molecule has 0 saturated carbocycles. The number of halogens is 1. The molecule has 1 N–H and O–H groups in total. The first-order chi connectivity index (χ1) is 18.9. The summed E-state index contributed by atoms with van der Waals surface area (Å²) in [5.74, 6) is 0.190. The summed E-state index contributed by atoms with van der Waals surface area (Å²) in [5.41, 5.74) is 3.27. The molecule has 5 aromatic rings. The molecule has 0 spiro atoms. The largest absolute Gasteiger partial charge is 0.497 e. The number of anilines is 1. The van der Waals surface area contributed by atoms with Crippen molar-refractivity contribution in [3.05, 3.63) is 78.7 Å². The van der Waals surface area contributed by atoms with E-state index in [9.17, 15) is 12.8 Å². The molecule has 2 aromatic carbocycles. The van der Waals surface area contributed by atoms with Crippen LogP contribution in [0.4, 0.5) is 10.2 Å². The van der Waals surface area contributed by atoms with Crippen LogP contribution in [-0.4, -0.2) is 49.3 Å². The zero-order chi connectivity index (χ0) is 27.6. The molecule has 0 unspecified atom stereocenters. The third-order valence-corrected chi connectivity index (χ3v) is 8.03. The highest BCUT2D eigenvalue weighted by molar-refractivity contribution is 7.92. The molecule has 11 heteroatoms. The molecule has 0 saturated heterocycles. The van der Waals surface area contributed by atoms with E-state index in [1.165, 1.54) is 25.3 Å². The summed E-state index contributed by atoms with van der Waals surface area (Å²) >= 11 is 0. The third kappa shape index (κ3) is 4.88. The molecule has 200 valence electrons. The highest BCUT2D eigenvalue weighted by Gasteiger charge is 2.30. The minimum atomic E-state index is -4.28. The first-order valence-electron chi connectivity index (χ1n) is 12.2. The molecule has 0 aliphatic rings. The van der Waals surface area contributed by atoms with Gasteiger partial charge in [0.25, 0.3) is 10.0 Å². The molecule has 39 heavy (non-hydrogen) atoms. The van der Waals surface area contributed by atoms with Crippen LogP contribution in [0.3, 0.4) is 0 Å². The van der Waals surface area contributed by atoms with Crippen molar-refractivity contribution >= 4 is 26.9 Å². The van der Waals surface area contributed by atoms with Crippen LogP contribution >= 0.6 is 0 Å². The average molecular weight is 548 g/mol. The lowest BCUT2D eigenvalue weighted by Crippen LogP contribution is -2.33. The Morgan fingerprint density at radius 1 is 0.974 bits per heavy atom. The van der Waals surface area contributed by atoms with Gasteiger partial charge in [-0.3, -0.25) is 5.10 Å². The van der Waals surface area contributed by atoms with Crippen LogP contribution in [0.25, 0.3) is 33.5 Å². The highest BCUT2D eigenvalue weighted by atomic mass is 32.2. The number of aromatic nitrogens is 4. The highest BCUT2D eigenvalue weighted by Crippen LogP contribution is 2.35. The van der Waals surface area contributed by atoms with E-state index in [4.69, 9.17) is 9.47 Å². The van der Waals surface area contributed by atoms with Gasteiger partial charge < -0.3 is 9.47 Å². The Kier molecular flexibility index (Phi) is 7.16. The molecule has 9 nitrogen and oxygen atoms in total. The fourth-order valence-corrected chi connectivity index (χ4v) is 5.85. The predicted molar refractivity (Wildman–Crippen MR) is 147 cm³/mol. The summed E-state index contributed by atoms with van der Waals surface area (Å²) in [7, 11) is -1.24. The van der Waals surface area contributed by atoms with Gasteiger partial charge in [0.05, 0.1) is 19.9 Å². The van der Waals surface area contributed by atoms with E-state index in [1.54, 1.807) is 25.4 Å². The quantitative estimate of drug-likeness (QED) is 0.261. The number of H-pyrrole nitrogens is 1. The summed E-state index contributed by atoms with van der Waals surface area (Å²) in [4.78, 5) is 8.75. The Hall–Kier alpha value is -4.51. The Morgan fingerprint density at radius 2 is 1.74 bits per heavy atom. The van der Waals surface area contributed by atoms with E-state index >= 15 is 0 Å². The number of rotatable bonds is 9. The number of benzene rings is 2. The molecule has 0 aliphatic heterocycles. The normalized spacial score (nSPS) is 11.5. The molecule has 3 aromatic heterocycles. The van der Waals surface area contributed by atoms with Crippen LogP contribution in [0.15, 0.2) is 77.8 Å². The lowest BCUT2D eigenvalue weighted by Gasteiger charge is -2.25. The van der Waals surface area contributed by atoms with Crippen molar-refractivity contribution in [3.63, 3.8) is 0 Å². The van der Waals surface area contributed by atoms with Crippen molar-refractivity contribution in [2.75, 3.05) is 25.1 Å². The Labute approximate surface area is 225 Å². The molecule has 0 bridgehead atoms. The van der Waals surface area contributed by atoms with Crippen LogP contribution in [0, 0.1) is 5.82 Å². The fourth-order valence-electron chi connectivity index (χ4n) is 4.26. The molecular formula is C28H26FN5O4S. The number of pyridine rings is 2. The summed E-state index contributed by atoms with van der Waals surface area (Å²) in [6, 6.07) is 18.0. The van der Waals surface area contributed by atoms with Crippen LogP contribution in [0.1, 0.15) is 13.3 Å². The van der Waals surface area contributed by atoms with Gasteiger partial charge in [0, 0.05) is 29.3 Å². The SMILES string of the molecule is CCCN(c1nc(-c2cnc3[nH]nc(-c4ccc(OC)cc4)c3c2)ccc1OC)S(=O)(=O)c1ccccc1F. The van der Waals surface area contributed by atoms with Crippen molar-refractivity contribution in [2.45, 2.75) is 18.2 Å². The predicted octanol–water partition coefficient (Wildman–Crippen LogP) is 5.45. The summed E-state index contributed by atoms with van der Waals surface area (Å²) in [6.45, 7) is 1.90. The number of nitrogens with zero attached hydrogens (tertiary/aromatic N) is 4. The van der Waals surface area contributed by atoms with Gasteiger partial charge in [0.1, 0.15) is 22.2 Å². The molecule has 5 rings (SSSR count). The standard InChI is InChI=1S/C28H26FN5O4S/c1-4-15-34(39(35,36)25-8-6-5-7-22(25)29)28-24(38-3)14-13-23(31-28)19-16-21-26(32-33-27(21)30-17-19)18-9-11-20(37-2)12-10-18/h5-14,16-17H,4,15H2,1-3H3,(H,30,32,33). The van der Waals surface area contributed by atoms with Crippen molar-refractivity contribution in [1.82, 2.24) is 20.2 Å². The average Bonchev–Trinajstić information content (AvgIpc) is 3.39. The number of methoxy groups -OCH3 is 2. The Balaban J connectivity index is 1.62. The third-order valence-electron chi connectivity index (χ3n) is 6.20. The molecule has 0 radical (unpaired) electrons. The van der Waals surface area contributed by atoms with Crippen LogP contribution in [0.2, 0.25) is 0 Å². The van der Waals surface area contributed by atoms with E-state index in [1.807, 2.05) is 37.3 Å². The zero-order valence-corrected chi connectivity index (χ0v) is 22.4. The summed E-state index contributed by atoms with van der Waals surface area (Å²) in [6.07, 6.45) is 2.10. The number of nitrogens with one attached hydrogen (secondary N) is 1. The molecular weight excluding hydrogens is 521 g/mol. The number of hydrogen-bond acceptors (Lipinski definition) is 7. The summed E-state index contributed by atoms with van der Waals surface area (Å²) < 4.78 is 53.6. The van der Waals surface area contributed by atoms with Crippen molar-refractivity contribution in [3.8, 4) is 34.0 Å². The van der Waals surface area contributed by atoms with Crippen LogP contribution in [-0.2, 0) is 10.0 Å². The molecule has 0 aliphatic carbocycles. The van der Waals surface area contributed by atoms with Crippen LogP contribution < -0.4 is 13.8 Å². The van der Waals surface area contributed by atoms with Gasteiger partial charge in [-0.05, 0) is 61.0 Å². The van der Waals surface area contributed by atoms with E-state index in [0.29, 0.717) is 29.0 Å². The topological polar surface area (TPSA) is 110 Å². The summed E-state index contributed by atoms with van der Waals surface area (Å²) in [5, 5.41) is 8.15. The molecule has 0 atom stereocenters. The molecule has 0 fully saturated rings. The number of hydrogen-bond donors (Lipinski definition) is 1. The monoisotopic (exact) mass is 547 g/mol. The number of sulfonamides is 1. The van der Waals surface area contributed by atoms with Gasteiger partial charge in [-0.15, -0.1) is 0 Å². The Bertz CT molecular complexity index is 1740. The van der Waals surface area contributed by atoms with Gasteiger partial charge >= 0.3 is 0 Å².